The zero-order valence-electron chi connectivity index (χ0n) is 11.6. The maximum absolute atomic E-state index is 11.7. The minimum absolute atomic E-state index is 0.233. The molecular formula is C14H22N2O2. The molecule has 0 saturated heterocycles. The van der Waals surface area contributed by atoms with Crippen LogP contribution in [0.4, 0.5) is 4.79 Å². The van der Waals surface area contributed by atoms with Crippen LogP contribution >= 0.6 is 0 Å². The van der Waals surface area contributed by atoms with Crippen LogP contribution in [-0.4, -0.2) is 31.6 Å². The molecule has 0 heterocycles. The van der Waals surface area contributed by atoms with E-state index in [1.807, 2.05) is 32.2 Å². The molecule has 0 radical (unpaired) electrons. The molecular weight excluding hydrogens is 228 g/mol. The van der Waals surface area contributed by atoms with Crippen molar-refractivity contribution in [3.05, 3.63) is 29.8 Å². The van der Waals surface area contributed by atoms with Crippen LogP contribution in [0.25, 0.3) is 0 Å². The van der Waals surface area contributed by atoms with Crippen molar-refractivity contribution in [1.29, 1.82) is 0 Å². The summed E-state index contributed by atoms with van der Waals surface area (Å²) in [7, 11) is 3.64. The lowest BCUT2D eigenvalue weighted by Crippen LogP contribution is -2.30. The van der Waals surface area contributed by atoms with Crippen LogP contribution in [0.3, 0.4) is 0 Å². The van der Waals surface area contributed by atoms with Gasteiger partial charge in [0.05, 0.1) is 0 Å². The van der Waals surface area contributed by atoms with Gasteiger partial charge in [-0.2, -0.15) is 0 Å². The Hall–Kier alpha value is -1.55. The predicted molar refractivity (Wildman–Crippen MR) is 72.9 cm³/mol. The first-order chi connectivity index (χ1) is 8.58. The van der Waals surface area contributed by atoms with Crippen LogP contribution in [0.5, 0.6) is 5.75 Å². The van der Waals surface area contributed by atoms with Gasteiger partial charge < -0.3 is 15.0 Å². The van der Waals surface area contributed by atoms with Gasteiger partial charge in [0, 0.05) is 19.6 Å². The fourth-order valence-corrected chi connectivity index (χ4v) is 1.62. The van der Waals surface area contributed by atoms with E-state index in [0.29, 0.717) is 12.3 Å². The Balaban J connectivity index is 2.70. The van der Waals surface area contributed by atoms with E-state index in [4.69, 9.17) is 4.74 Å². The molecule has 1 aromatic rings. The van der Waals surface area contributed by atoms with Crippen molar-refractivity contribution in [1.82, 2.24) is 10.2 Å². The molecule has 0 aromatic heterocycles. The Morgan fingerprint density at radius 3 is 2.83 bits per heavy atom. The first-order valence-corrected chi connectivity index (χ1v) is 6.28. The van der Waals surface area contributed by atoms with Crippen LogP contribution in [0.2, 0.25) is 0 Å². The summed E-state index contributed by atoms with van der Waals surface area (Å²) in [6.07, 6.45) is 0.605. The highest BCUT2D eigenvalue weighted by Gasteiger charge is 2.11. The number of nitrogens with zero attached hydrogens (tertiary/aromatic N) is 1. The van der Waals surface area contributed by atoms with Gasteiger partial charge in [0.1, 0.15) is 5.75 Å². The number of carbonyl (C=O) groups excluding carboxylic acids is 1. The van der Waals surface area contributed by atoms with Crippen LogP contribution in [0.1, 0.15) is 31.9 Å². The molecule has 1 aromatic carbocycles. The normalized spacial score (nSPS) is 12.0. The Morgan fingerprint density at radius 1 is 1.50 bits per heavy atom. The molecule has 18 heavy (non-hydrogen) atoms. The molecule has 0 fully saturated rings. The van der Waals surface area contributed by atoms with Crippen molar-refractivity contribution < 1.29 is 9.53 Å². The lowest BCUT2D eigenvalue weighted by Gasteiger charge is -2.16. The van der Waals surface area contributed by atoms with Gasteiger partial charge in [0.15, 0.2) is 0 Å². The van der Waals surface area contributed by atoms with Gasteiger partial charge in [-0.15, -0.1) is 0 Å². The Labute approximate surface area is 109 Å². The number of ether oxygens (including phenoxy) is 1. The topological polar surface area (TPSA) is 41.6 Å². The standard InChI is InChI=1S/C14H22N2O2/c1-5-9-16(4)14(17)18-13-8-6-7-12(10-13)11(2)15-3/h6-8,10-11,15H,5,9H2,1-4H3/t11-/m0/s1. The first-order valence-electron chi connectivity index (χ1n) is 6.28. The van der Waals surface area contributed by atoms with E-state index in [0.717, 1.165) is 12.0 Å². The van der Waals surface area contributed by atoms with Crippen molar-refractivity contribution in [3.63, 3.8) is 0 Å². The van der Waals surface area contributed by atoms with Crippen LogP contribution in [0.15, 0.2) is 24.3 Å². The maximum Gasteiger partial charge on any atom is 0.414 e. The van der Waals surface area contributed by atoms with E-state index in [1.54, 1.807) is 18.0 Å². The molecule has 1 rings (SSSR count). The van der Waals surface area contributed by atoms with Gasteiger partial charge in [-0.05, 0) is 38.1 Å². The van der Waals surface area contributed by atoms with Crippen molar-refractivity contribution in [2.24, 2.45) is 0 Å². The number of carbonyl (C=O) groups is 1. The van der Waals surface area contributed by atoms with Crippen LogP contribution < -0.4 is 10.1 Å². The van der Waals surface area contributed by atoms with Crippen LogP contribution in [-0.2, 0) is 0 Å². The minimum atomic E-state index is -0.314. The van der Waals surface area contributed by atoms with Gasteiger partial charge in [-0.25, -0.2) is 4.79 Å². The summed E-state index contributed by atoms with van der Waals surface area (Å²) in [5.41, 5.74) is 1.10. The predicted octanol–water partition coefficient (Wildman–Crippen LogP) is 2.81. The highest BCUT2D eigenvalue weighted by Crippen LogP contribution is 2.19. The van der Waals surface area contributed by atoms with E-state index in [9.17, 15) is 4.79 Å². The zero-order chi connectivity index (χ0) is 13.5. The molecule has 0 saturated carbocycles. The monoisotopic (exact) mass is 250 g/mol. The number of nitrogens with one attached hydrogen (secondary N) is 1. The molecule has 4 nitrogen and oxygen atoms in total. The summed E-state index contributed by atoms with van der Waals surface area (Å²) >= 11 is 0. The summed E-state index contributed by atoms with van der Waals surface area (Å²) in [5.74, 6) is 0.586. The summed E-state index contributed by atoms with van der Waals surface area (Å²) in [6, 6.07) is 7.82. The summed E-state index contributed by atoms with van der Waals surface area (Å²) in [4.78, 5) is 13.3. The molecule has 1 atom stereocenters. The number of benzene rings is 1. The molecule has 4 heteroatoms. The van der Waals surface area contributed by atoms with Gasteiger partial charge in [0.25, 0.3) is 0 Å². The second kappa shape index (κ2) is 7.01. The van der Waals surface area contributed by atoms with Crippen LogP contribution in [0, 0.1) is 0 Å². The molecule has 0 aliphatic rings. The van der Waals surface area contributed by atoms with E-state index >= 15 is 0 Å². The van der Waals surface area contributed by atoms with E-state index in [1.165, 1.54) is 0 Å². The molecule has 0 bridgehead atoms. The number of amides is 1. The molecule has 0 aliphatic heterocycles. The lowest BCUT2D eigenvalue weighted by atomic mass is 10.1. The Bertz CT molecular complexity index is 393. The van der Waals surface area contributed by atoms with Gasteiger partial charge >= 0.3 is 6.09 Å². The fraction of sp³-hybridized carbons (Fsp3) is 0.500. The average molecular weight is 250 g/mol. The third-order valence-corrected chi connectivity index (χ3v) is 2.87. The third kappa shape index (κ3) is 4.04. The quantitative estimate of drug-likeness (QED) is 0.873. The fourth-order valence-electron chi connectivity index (χ4n) is 1.62. The second-order valence-electron chi connectivity index (χ2n) is 4.37. The Morgan fingerprint density at radius 2 is 2.22 bits per heavy atom. The summed E-state index contributed by atoms with van der Waals surface area (Å²) in [5, 5.41) is 3.15. The molecule has 1 N–H and O–H groups in total. The van der Waals surface area contributed by atoms with E-state index < -0.39 is 0 Å². The Kier molecular flexibility index (Phi) is 5.65. The molecule has 0 unspecified atom stereocenters. The van der Waals surface area contributed by atoms with Crippen molar-refractivity contribution in [3.8, 4) is 5.75 Å². The number of hydrogen-bond donors (Lipinski definition) is 1. The highest BCUT2D eigenvalue weighted by atomic mass is 16.6. The van der Waals surface area contributed by atoms with Crippen molar-refractivity contribution in [2.75, 3.05) is 20.6 Å². The summed E-state index contributed by atoms with van der Waals surface area (Å²) in [6.45, 7) is 4.79. The highest BCUT2D eigenvalue weighted by molar-refractivity contribution is 5.70. The number of hydrogen-bond acceptors (Lipinski definition) is 3. The first kappa shape index (κ1) is 14.5. The molecule has 1 amide bonds. The molecule has 0 spiro atoms. The van der Waals surface area contributed by atoms with Crippen molar-refractivity contribution in [2.45, 2.75) is 26.3 Å². The van der Waals surface area contributed by atoms with E-state index in [2.05, 4.69) is 12.2 Å². The van der Waals surface area contributed by atoms with Crippen molar-refractivity contribution >= 4 is 6.09 Å². The van der Waals surface area contributed by atoms with Gasteiger partial charge in [-0.3, -0.25) is 0 Å². The third-order valence-electron chi connectivity index (χ3n) is 2.87. The SMILES string of the molecule is CCCN(C)C(=O)Oc1cccc([C@H](C)NC)c1. The summed E-state index contributed by atoms with van der Waals surface area (Å²) < 4.78 is 5.32. The van der Waals surface area contributed by atoms with Gasteiger partial charge in [0.2, 0.25) is 0 Å². The molecule has 100 valence electrons. The van der Waals surface area contributed by atoms with E-state index in [-0.39, 0.29) is 12.1 Å². The average Bonchev–Trinajstić information content (AvgIpc) is 2.38. The lowest BCUT2D eigenvalue weighted by molar-refractivity contribution is 0.163. The number of rotatable bonds is 5. The second-order valence-corrected chi connectivity index (χ2v) is 4.37. The smallest absolute Gasteiger partial charge is 0.410 e. The maximum atomic E-state index is 11.7. The molecule has 0 aliphatic carbocycles. The largest absolute Gasteiger partial charge is 0.414 e. The zero-order valence-corrected chi connectivity index (χ0v) is 11.6. The minimum Gasteiger partial charge on any atom is -0.410 e. The van der Waals surface area contributed by atoms with Gasteiger partial charge in [-0.1, -0.05) is 19.1 Å².